The van der Waals surface area contributed by atoms with E-state index in [1.54, 1.807) is 18.3 Å². The van der Waals surface area contributed by atoms with Gasteiger partial charge in [0.2, 0.25) is 17.6 Å². The molecule has 1 atom stereocenters. The lowest BCUT2D eigenvalue weighted by Crippen LogP contribution is -2.40. The van der Waals surface area contributed by atoms with Gasteiger partial charge in [-0.25, -0.2) is 4.98 Å². The van der Waals surface area contributed by atoms with E-state index in [0.717, 1.165) is 30.5 Å². The van der Waals surface area contributed by atoms with E-state index in [2.05, 4.69) is 15.1 Å². The molecule has 2 aromatic heterocycles. The van der Waals surface area contributed by atoms with Crippen molar-refractivity contribution in [3.63, 3.8) is 0 Å². The average molecular weight is 421 g/mol. The number of amides is 1. The number of piperidine rings is 1. The van der Waals surface area contributed by atoms with Gasteiger partial charge in [-0.15, -0.1) is 0 Å². The predicted octanol–water partition coefficient (Wildman–Crippen LogP) is 4.32. The number of aryl methyl sites for hydroxylation is 1. The van der Waals surface area contributed by atoms with Crippen LogP contribution in [-0.2, 0) is 6.42 Å². The van der Waals surface area contributed by atoms with Crippen molar-refractivity contribution in [3.05, 3.63) is 59.6 Å². The van der Waals surface area contributed by atoms with Gasteiger partial charge in [-0.1, -0.05) is 29.4 Å². The number of likely N-dealkylation sites (tertiary alicyclic amines) is 1. The summed E-state index contributed by atoms with van der Waals surface area (Å²) < 4.78 is 11.1. The number of carbonyl (C=O) groups is 1. The van der Waals surface area contributed by atoms with Gasteiger partial charge in [-0.05, 0) is 51.2 Å². The monoisotopic (exact) mass is 420 g/mol. The van der Waals surface area contributed by atoms with E-state index in [4.69, 9.17) is 9.26 Å². The van der Waals surface area contributed by atoms with Crippen LogP contribution in [-0.4, -0.2) is 45.1 Å². The number of hydrogen-bond acceptors (Lipinski definition) is 6. The largest absolute Gasteiger partial charge is 0.475 e. The number of aromatic nitrogens is 3. The fourth-order valence-electron chi connectivity index (χ4n) is 3.93. The fourth-order valence-corrected chi connectivity index (χ4v) is 3.93. The molecular formula is C24H28N4O3. The van der Waals surface area contributed by atoms with Gasteiger partial charge in [-0.3, -0.25) is 4.79 Å². The Kier molecular flexibility index (Phi) is 6.30. The molecule has 0 saturated carbocycles. The minimum absolute atomic E-state index is 0.000532. The predicted molar refractivity (Wildman–Crippen MR) is 117 cm³/mol. The van der Waals surface area contributed by atoms with Gasteiger partial charge in [-0.2, -0.15) is 4.98 Å². The van der Waals surface area contributed by atoms with Crippen LogP contribution in [0.5, 0.6) is 5.88 Å². The van der Waals surface area contributed by atoms with Crippen molar-refractivity contribution >= 4 is 5.91 Å². The van der Waals surface area contributed by atoms with E-state index in [1.807, 2.05) is 49.9 Å². The molecule has 1 aliphatic rings. The Balaban J connectivity index is 1.39. The van der Waals surface area contributed by atoms with Crippen molar-refractivity contribution in [2.75, 3.05) is 13.1 Å². The molecule has 7 heteroatoms. The highest BCUT2D eigenvalue weighted by Gasteiger charge is 2.26. The Bertz CT molecular complexity index is 1030. The van der Waals surface area contributed by atoms with E-state index in [0.29, 0.717) is 42.0 Å². The third kappa shape index (κ3) is 5.10. The molecule has 3 aromatic rings. The van der Waals surface area contributed by atoms with Gasteiger partial charge in [0.25, 0.3) is 5.91 Å². The Morgan fingerprint density at radius 2 is 2.10 bits per heavy atom. The van der Waals surface area contributed by atoms with Crippen LogP contribution in [0.4, 0.5) is 0 Å². The zero-order chi connectivity index (χ0) is 21.8. The molecule has 3 heterocycles. The molecule has 31 heavy (non-hydrogen) atoms. The van der Waals surface area contributed by atoms with Crippen molar-refractivity contribution in [1.29, 1.82) is 0 Å². The van der Waals surface area contributed by atoms with Gasteiger partial charge in [0, 0.05) is 37.3 Å². The van der Waals surface area contributed by atoms with Crippen LogP contribution < -0.4 is 4.74 Å². The number of benzene rings is 1. The summed E-state index contributed by atoms with van der Waals surface area (Å²) in [5, 5.41) is 4.16. The quantitative estimate of drug-likeness (QED) is 0.591. The molecule has 1 saturated heterocycles. The summed E-state index contributed by atoms with van der Waals surface area (Å²) in [5.41, 5.74) is 2.68. The molecule has 0 aliphatic carbocycles. The van der Waals surface area contributed by atoms with Gasteiger partial charge in [0.1, 0.15) is 0 Å². The first-order valence-electron chi connectivity index (χ1n) is 10.8. The second kappa shape index (κ2) is 9.29. The van der Waals surface area contributed by atoms with E-state index >= 15 is 0 Å². The summed E-state index contributed by atoms with van der Waals surface area (Å²) >= 11 is 0. The van der Waals surface area contributed by atoms with E-state index in [1.165, 1.54) is 0 Å². The van der Waals surface area contributed by atoms with Crippen molar-refractivity contribution in [1.82, 2.24) is 20.0 Å². The smallest absolute Gasteiger partial charge is 0.255 e. The number of ether oxygens (including phenoxy) is 1. The molecule has 0 radical (unpaired) electrons. The highest BCUT2D eigenvalue weighted by atomic mass is 16.5. The molecule has 7 nitrogen and oxygen atoms in total. The highest BCUT2D eigenvalue weighted by molar-refractivity contribution is 5.94. The van der Waals surface area contributed by atoms with Crippen LogP contribution in [0.1, 0.15) is 48.5 Å². The molecule has 1 aliphatic heterocycles. The van der Waals surface area contributed by atoms with Crippen LogP contribution in [0.3, 0.4) is 0 Å². The number of carbonyl (C=O) groups excluding carboxylic acids is 1. The minimum Gasteiger partial charge on any atom is -0.475 e. The zero-order valence-corrected chi connectivity index (χ0v) is 18.2. The van der Waals surface area contributed by atoms with Crippen molar-refractivity contribution in [2.24, 2.45) is 5.92 Å². The number of nitrogens with zero attached hydrogens (tertiary/aromatic N) is 4. The van der Waals surface area contributed by atoms with E-state index < -0.39 is 0 Å². The summed E-state index contributed by atoms with van der Waals surface area (Å²) in [6.07, 6.45) is 4.30. The Labute approximate surface area is 182 Å². The number of hydrogen-bond donors (Lipinski definition) is 0. The van der Waals surface area contributed by atoms with Crippen LogP contribution >= 0.6 is 0 Å². The van der Waals surface area contributed by atoms with E-state index in [9.17, 15) is 4.79 Å². The van der Waals surface area contributed by atoms with Crippen LogP contribution in [0.25, 0.3) is 11.4 Å². The standard InChI is InChI=1S/C24H28N4O3/c1-16(2)30-21-11-10-19(14-25-21)24(29)28-12-6-8-18(15-28)13-22-26-23(27-31-22)20-9-5-4-7-17(20)3/h4-5,7,9-11,14,16,18H,6,8,12-13,15H2,1-3H3/t18-/m0/s1. The molecule has 0 bridgehead atoms. The maximum atomic E-state index is 13.0. The lowest BCUT2D eigenvalue weighted by Gasteiger charge is -2.32. The molecule has 1 aromatic carbocycles. The lowest BCUT2D eigenvalue weighted by atomic mass is 9.94. The summed E-state index contributed by atoms with van der Waals surface area (Å²) in [6, 6.07) is 11.5. The molecule has 0 N–H and O–H groups in total. The van der Waals surface area contributed by atoms with Gasteiger partial charge in [0.15, 0.2) is 0 Å². The SMILES string of the molecule is Cc1ccccc1-c1noc(C[C@@H]2CCCN(C(=O)c3ccc(OC(C)C)nc3)C2)n1. The highest BCUT2D eigenvalue weighted by Crippen LogP contribution is 2.24. The number of pyridine rings is 1. The molecule has 0 spiro atoms. The first kappa shape index (κ1) is 21.0. The summed E-state index contributed by atoms with van der Waals surface area (Å²) in [5.74, 6) is 2.06. The summed E-state index contributed by atoms with van der Waals surface area (Å²) in [4.78, 5) is 23.7. The Hall–Kier alpha value is -3.22. The molecule has 0 unspecified atom stereocenters. The first-order valence-corrected chi connectivity index (χ1v) is 10.8. The molecule has 1 fully saturated rings. The summed E-state index contributed by atoms with van der Waals surface area (Å²) in [6.45, 7) is 7.35. The summed E-state index contributed by atoms with van der Waals surface area (Å²) in [7, 11) is 0. The van der Waals surface area contributed by atoms with Crippen molar-refractivity contribution in [2.45, 2.75) is 46.1 Å². The third-order valence-corrected chi connectivity index (χ3v) is 5.46. The van der Waals surface area contributed by atoms with Gasteiger partial charge in [0.05, 0.1) is 11.7 Å². The average Bonchev–Trinajstić information content (AvgIpc) is 3.22. The number of rotatable bonds is 6. The van der Waals surface area contributed by atoms with Crippen molar-refractivity contribution < 1.29 is 14.1 Å². The molecular weight excluding hydrogens is 392 g/mol. The second-order valence-corrected chi connectivity index (χ2v) is 8.34. The normalized spacial score (nSPS) is 16.5. The molecule has 162 valence electrons. The first-order chi connectivity index (χ1) is 15.0. The van der Waals surface area contributed by atoms with E-state index in [-0.39, 0.29) is 12.0 Å². The zero-order valence-electron chi connectivity index (χ0n) is 18.2. The van der Waals surface area contributed by atoms with Gasteiger partial charge >= 0.3 is 0 Å². The van der Waals surface area contributed by atoms with Crippen LogP contribution in [0.15, 0.2) is 47.1 Å². The Morgan fingerprint density at radius 3 is 2.84 bits per heavy atom. The second-order valence-electron chi connectivity index (χ2n) is 8.34. The minimum atomic E-state index is -0.000532. The van der Waals surface area contributed by atoms with Crippen LogP contribution in [0, 0.1) is 12.8 Å². The molecule has 4 rings (SSSR count). The maximum absolute atomic E-state index is 13.0. The lowest BCUT2D eigenvalue weighted by molar-refractivity contribution is 0.0667. The fraction of sp³-hybridized carbons (Fsp3) is 0.417. The van der Waals surface area contributed by atoms with Gasteiger partial charge < -0.3 is 14.2 Å². The topological polar surface area (TPSA) is 81.4 Å². The maximum Gasteiger partial charge on any atom is 0.255 e. The van der Waals surface area contributed by atoms with Crippen LogP contribution in [0.2, 0.25) is 0 Å². The third-order valence-electron chi connectivity index (χ3n) is 5.46. The van der Waals surface area contributed by atoms with Crippen molar-refractivity contribution in [3.8, 4) is 17.3 Å². The Morgan fingerprint density at radius 1 is 1.26 bits per heavy atom. The molecule has 1 amide bonds.